The molecular weight excluding hydrogens is 466 g/mol. The second kappa shape index (κ2) is 9.33. The monoisotopic (exact) mass is 479 g/mol. The number of amides is 1. The van der Waals surface area contributed by atoms with Crippen LogP contribution in [0.15, 0.2) is 55.0 Å². The molecule has 12 heteroatoms. The number of nitrogens with zero attached hydrogens (tertiary/aromatic N) is 4. The smallest absolute Gasteiger partial charge is 0.276 e. The number of nitrogens with one attached hydrogen (secondary N) is 1. The van der Waals surface area contributed by atoms with Crippen LogP contribution in [0.4, 0.5) is 23.2 Å². The van der Waals surface area contributed by atoms with Crippen molar-refractivity contribution in [1.29, 1.82) is 0 Å². The third kappa shape index (κ3) is 5.14. The molecule has 4 rings (SSSR count). The number of benzene rings is 2. The maximum atomic E-state index is 13.8. The molecule has 2 aromatic heterocycles. The minimum absolute atomic E-state index is 0.0538. The standard InChI is InChI=1S/C21H14ClF4N5O2/c22-12-1-3-14(4-2-12)33-11-30-6-5-18(29-30)21(32)28-13-8-27-31(9-13)10-15-16(23)7-17(24)20(26)19(15)25/h1-9H,10-11H2,(H,28,32). The Hall–Kier alpha value is -3.86. The first-order valence-corrected chi connectivity index (χ1v) is 9.75. The van der Waals surface area contributed by atoms with Gasteiger partial charge in [-0.15, -0.1) is 0 Å². The van der Waals surface area contributed by atoms with Crippen molar-refractivity contribution in [1.82, 2.24) is 19.6 Å². The molecule has 1 N–H and O–H groups in total. The van der Waals surface area contributed by atoms with E-state index < -0.39 is 41.3 Å². The van der Waals surface area contributed by atoms with Crippen molar-refractivity contribution in [2.24, 2.45) is 0 Å². The van der Waals surface area contributed by atoms with Crippen LogP contribution in [-0.2, 0) is 13.3 Å². The van der Waals surface area contributed by atoms with Gasteiger partial charge in [-0.3, -0.25) is 9.48 Å². The number of carbonyl (C=O) groups excluding carboxylic acids is 1. The summed E-state index contributed by atoms with van der Waals surface area (Å²) >= 11 is 5.82. The predicted octanol–water partition coefficient (Wildman–Crippen LogP) is 4.63. The molecular formula is C21H14ClF4N5O2. The summed E-state index contributed by atoms with van der Waals surface area (Å²) in [6, 6.07) is 8.46. The van der Waals surface area contributed by atoms with Gasteiger partial charge in [0.1, 0.15) is 11.6 Å². The Balaban J connectivity index is 1.37. The fourth-order valence-electron chi connectivity index (χ4n) is 2.85. The van der Waals surface area contributed by atoms with E-state index in [1.165, 1.54) is 23.1 Å². The normalized spacial score (nSPS) is 10.9. The number of ether oxygens (including phenoxy) is 1. The van der Waals surface area contributed by atoms with E-state index in [1.54, 1.807) is 30.5 Å². The molecule has 0 unspecified atom stereocenters. The van der Waals surface area contributed by atoms with Gasteiger partial charge in [0, 0.05) is 29.0 Å². The number of hydrogen-bond acceptors (Lipinski definition) is 4. The molecule has 7 nitrogen and oxygen atoms in total. The van der Waals surface area contributed by atoms with Gasteiger partial charge in [0.05, 0.1) is 18.4 Å². The van der Waals surface area contributed by atoms with Crippen molar-refractivity contribution in [2.75, 3.05) is 5.32 Å². The van der Waals surface area contributed by atoms with Gasteiger partial charge in [-0.1, -0.05) is 11.6 Å². The summed E-state index contributed by atoms with van der Waals surface area (Å²) in [6.07, 6.45) is 4.05. The van der Waals surface area contributed by atoms with Crippen LogP contribution in [0, 0.1) is 23.3 Å². The molecule has 4 aromatic rings. The summed E-state index contributed by atoms with van der Waals surface area (Å²) in [7, 11) is 0. The van der Waals surface area contributed by atoms with Gasteiger partial charge in [-0.25, -0.2) is 22.2 Å². The first-order valence-electron chi connectivity index (χ1n) is 9.37. The Morgan fingerprint density at radius 3 is 2.55 bits per heavy atom. The molecule has 2 aromatic carbocycles. The Morgan fingerprint density at radius 2 is 1.79 bits per heavy atom. The lowest BCUT2D eigenvalue weighted by molar-refractivity contribution is 0.102. The van der Waals surface area contributed by atoms with E-state index in [4.69, 9.17) is 16.3 Å². The first kappa shape index (κ1) is 22.3. The molecule has 0 saturated heterocycles. The second-order valence-corrected chi connectivity index (χ2v) is 7.23. The molecule has 0 aliphatic heterocycles. The van der Waals surface area contributed by atoms with Gasteiger partial charge in [0.2, 0.25) is 0 Å². The predicted molar refractivity (Wildman–Crippen MR) is 110 cm³/mol. The Labute approximate surface area is 189 Å². The molecule has 1 amide bonds. The average molecular weight is 480 g/mol. The van der Waals surface area contributed by atoms with Crippen LogP contribution in [0.1, 0.15) is 16.1 Å². The van der Waals surface area contributed by atoms with Gasteiger partial charge in [-0.05, 0) is 30.3 Å². The highest BCUT2D eigenvalue weighted by atomic mass is 35.5. The molecule has 2 heterocycles. The third-order valence-corrected chi connectivity index (χ3v) is 4.72. The quantitative estimate of drug-likeness (QED) is 0.238. The van der Waals surface area contributed by atoms with E-state index in [1.807, 2.05) is 0 Å². The number of carbonyl (C=O) groups is 1. The maximum absolute atomic E-state index is 13.8. The molecule has 170 valence electrons. The first-order chi connectivity index (χ1) is 15.8. The summed E-state index contributed by atoms with van der Waals surface area (Å²) in [5.74, 6) is -6.28. The van der Waals surface area contributed by atoms with Crippen molar-refractivity contribution in [3.05, 3.63) is 94.5 Å². The topological polar surface area (TPSA) is 74.0 Å². The molecule has 0 fully saturated rings. The summed E-state index contributed by atoms with van der Waals surface area (Å²) < 4.78 is 62.1. The van der Waals surface area contributed by atoms with Crippen molar-refractivity contribution in [2.45, 2.75) is 13.3 Å². The fraction of sp³-hybridized carbons (Fsp3) is 0.0952. The Kier molecular flexibility index (Phi) is 6.31. The van der Waals surface area contributed by atoms with Gasteiger partial charge in [0.25, 0.3) is 5.91 Å². The lowest BCUT2D eigenvalue weighted by Gasteiger charge is -2.07. The van der Waals surface area contributed by atoms with Gasteiger partial charge >= 0.3 is 0 Å². The molecule has 0 radical (unpaired) electrons. The Morgan fingerprint density at radius 1 is 1.03 bits per heavy atom. The van der Waals surface area contributed by atoms with Crippen LogP contribution >= 0.6 is 11.6 Å². The highest BCUT2D eigenvalue weighted by molar-refractivity contribution is 6.30. The van der Waals surface area contributed by atoms with Crippen molar-refractivity contribution in [3.8, 4) is 5.75 Å². The molecule has 0 spiro atoms. The number of rotatable bonds is 7. The second-order valence-electron chi connectivity index (χ2n) is 6.80. The number of hydrogen-bond donors (Lipinski definition) is 1. The van der Waals surface area contributed by atoms with Crippen LogP contribution in [0.25, 0.3) is 0 Å². The van der Waals surface area contributed by atoms with Crippen molar-refractivity contribution < 1.29 is 27.1 Å². The van der Waals surface area contributed by atoms with E-state index >= 15 is 0 Å². The maximum Gasteiger partial charge on any atom is 0.276 e. The van der Waals surface area contributed by atoms with Crippen LogP contribution in [0.3, 0.4) is 0 Å². The Bertz CT molecular complexity index is 1310. The minimum Gasteiger partial charge on any atom is -0.471 e. The lowest BCUT2D eigenvalue weighted by atomic mass is 10.2. The molecule has 0 atom stereocenters. The van der Waals surface area contributed by atoms with E-state index in [9.17, 15) is 22.4 Å². The highest BCUT2D eigenvalue weighted by Crippen LogP contribution is 2.21. The molecule has 0 bridgehead atoms. The van der Waals surface area contributed by atoms with Crippen LogP contribution in [0.2, 0.25) is 5.02 Å². The van der Waals surface area contributed by atoms with Crippen molar-refractivity contribution >= 4 is 23.2 Å². The van der Waals surface area contributed by atoms with Crippen LogP contribution < -0.4 is 10.1 Å². The van der Waals surface area contributed by atoms with Gasteiger partial charge < -0.3 is 10.1 Å². The largest absolute Gasteiger partial charge is 0.471 e. The lowest BCUT2D eigenvalue weighted by Crippen LogP contribution is -2.14. The van der Waals surface area contributed by atoms with E-state index in [-0.39, 0.29) is 24.2 Å². The molecule has 0 saturated carbocycles. The van der Waals surface area contributed by atoms with Crippen LogP contribution in [0.5, 0.6) is 5.75 Å². The summed E-state index contributed by atoms with van der Waals surface area (Å²) in [6.45, 7) is -0.459. The van der Waals surface area contributed by atoms with E-state index in [0.717, 1.165) is 4.68 Å². The van der Waals surface area contributed by atoms with E-state index in [0.29, 0.717) is 10.8 Å². The zero-order valence-electron chi connectivity index (χ0n) is 16.6. The zero-order chi connectivity index (χ0) is 23.5. The van der Waals surface area contributed by atoms with E-state index in [2.05, 4.69) is 15.5 Å². The average Bonchev–Trinajstić information content (AvgIpc) is 3.44. The van der Waals surface area contributed by atoms with Crippen LogP contribution in [-0.4, -0.2) is 25.5 Å². The number of halogens is 5. The number of aromatic nitrogens is 4. The molecule has 33 heavy (non-hydrogen) atoms. The summed E-state index contributed by atoms with van der Waals surface area (Å²) in [5.41, 5.74) is -0.412. The third-order valence-electron chi connectivity index (χ3n) is 4.47. The molecule has 0 aliphatic rings. The number of anilines is 1. The fourth-order valence-corrected chi connectivity index (χ4v) is 2.97. The SMILES string of the molecule is O=C(Nc1cnn(Cc2c(F)cc(F)c(F)c2F)c1)c1ccn(COc2ccc(Cl)cc2)n1. The highest BCUT2D eigenvalue weighted by Gasteiger charge is 2.20. The summed E-state index contributed by atoms with van der Waals surface area (Å²) in [5, 5.41) is 11.1. The minimum atomic E-state index is -1.78. The van der Waals surface area contributed by atoms with Crippen molar-refractivity contribution in [3.63, 3.8) is 0 Å². The van der Waals surface area contributed by atoms with Gasteiger partial charge in [-0.2, -0.15) is 10.2 Å². The summed E-state index contributed by atoms with van der Waals surface area (Å²) in [4.78, 5) is 12.4. The molecule has 0 aliphatic carbocycles. The van der Waals surface area contributed by atoms with Gasteiger partial charge in [0.15, 0.2) is 29.9 Å². The zero-order valence-corrected chi connectivity index (χ0v) is 17.4.